The number of nitrogens with zero attached hydrogens (tertiary/aromatic N) is 1. The molecule has 0 aliphatic carbocycles. The Kier molecular flexibility index (Phi) is 7.11. The first-order chi connectivity index (χ1) is 11.8. The highest BCUT2D eigenvalue weighted by Gasteiger charge is 2.19. The van der Waals surface area contributed by atoms with Gasteiger partial charge in [-0.15, -0.1) is 11.3 Å². The zero-order chi connectivity index (χ0) is 18.6. The molecule has 136 valence electrons. The summed E-state index contributed by atoms with van der Waals surface area (Å²) in [4.78, 5) is 16.2. The van der Waals surface area contributed by atoms with Gasteiger partial charge in [-0.05, 0) is 38.0 Å². The number of ether oxygens (including phenoxy) is 2. The van der Waals surface area contributed by atoms with Crippen LogP contribution in [-0.2, 0) is 4.74 Å². The number of thiazole rings is 1. The minimum absolute atomic E-state index is 0.331. The maximum atomic E-state index is 12.0. The van der Waals surface area contributed by atoms with Gasteiger partial charge in [0.2, 0.25) is 0 Å². The average molecular weight is 402 g/mol. The molecule has 7 heteroatoms. The molecular weight excluding hydrogens is 381 g/mol. The monoisotopic (exact) mass is 401 g/mol. The number of halogens is 2. The molecule has 1 aromatic carbocycles. The summed E-state index contributed by atoms with van der Waals surface area (Å²) in [6.45, 7) is 8.62. The molecule has 0 fully saturated rings. The van der Waals surface area contributed by atoms with Crippen molar-refractivity contribution in [1.29, 1.82) is 0 Å². The van der Waals surface area contributed by atoms with Crippen molar-refractivity contribution in [3.05, 3.63) is 34.3 Å². The number of hydrogen-bond acceptors (Lipinski definition) is 5. The van der Waals surface area contributed by atoms with E-state index in [0.29, 0.717) is 46.0 Å². The van der Waals surface area contributed by atoms with Crippen LogP contribution in [0.5, 0.6) is 5.75 Å². The van der Waals surface area contributed by atoms with Gasteiger partial charge in [0.1, 0.15) is 20.5 Å². The largest absolute Gasteiger partial charge is 0.493 e. The Labute approximate surface area is 162 Å². The predicted molar refractivity (Wildman–Crippen MR) is 103 cm³/mol. The van der Waals surface area contributed by atoms with Gasteiger partial charge >= 0.3 is 5.97 Å². The van der Waals surface area contributed by atoms with E-state index in [1.807, 2.05) is 18.2 Å². The number of benzene rings is 1. The zero-order valence-corrected chi connectivity index (χ0v) is 17.0. The SMILES string of the molecule is CCOC(=O)c1sc(-c2ccc(OCC(C)C)c(C(Cl)Cl)c2)nc1C. The van der Waals surface area contributed by atoms with E-state index in [-0.39, 0.29) is 5.97 Å². The van der Waals surface area contributed by atoms with E-state index in [0.717, 1.165) is 5.56 Å². The molecule has 0 bridgehead atoms. The molecule has 0 unspecified atom stereocenters. The lowest BCUT2D eigenvalue weighted by atomic mass is 10.1. The second kappa shape index (κ2) is 8.88. The number of hydrogen-bond donors (Lipinski definition) is 0. The van der Waals surface area contributed by atoms with E-state index >= 15 is 0 Å². The van der Waals surface area contributed by atoms with E-state index in [1.54, 1.807) is 13.8 Å². The van der Waals surface area contributed by atoms with Crippen molar-refractivity contribution in [1.82, 2.24) is 4.98 Å². The summed E-state index contributed by atoms with van der Waals surface area (Å²) in [7, 11) is 0. The molecule has 0 spiro atoms. The summed E-state index contributed by atoms with van der Waals surface area (Å²) in [5, 5.41) is 0.714. The van der Waals surface area contributed by atoms with Crippen LogP contribution in [0.1, 0.15) is 46.5 Å². The summed E-state index contributed by atoms with van der Waals surface area (Å²) in [6.07, 6.45) is 0. The molecule has 25 heavy (non-hydrogen) atoms. The number of alkyl halides is 2. The maximum Gasteiger partial charge on any atom is 0.350 e. The van der Waals surface area contributed by atoms with Crippen LogP contribution in [0, 0.1) is 12.8 Å². The van der Waals surface area contributed by atoms with E-state index in [9.17, 15) is 4.79 Å². The van der Waals surface area contributed by atoms with Crippen LogP contribution < -0.4 is 4.74 Å². The van der Waals surface area contributed by atoms with E-state index in [1.165, 1.54) is 11.3 Å². The first-order valence-electron chi connectivity index (χ1n) is 8.03. The van der Waals surface area contributed by atoms with Crippen LogP contribution in [0.15, 0.2) is 18.2 Å². The number of rotatable bonds is 7. The molecule has 1 heterocycles. The van der Waals surface area contributed by atoms with Crippen LogP contribution in [-0.4, -0.2) is 24.2 Å². The second-order valence-electron chi connectivity index (χ2n) is 5.91. The molecule has 0 radical (unpaired) electrons. The topological polar surface area (TPSA) is 48.4 Å². The van der Waals surface area contributed by atoms with Gasteiger partial charge in [-0.1, -0.05) is 37.0 Å². The second-order valence-corrected chi connectivity index (χ2v) is 8.01. The van der Waals surface area contributed by atoms with Crippen molar-refractivity contribution in [3.8, 4) is 16.3 Å². The fourth-order valence-corrected chi connectivity index (χ4v) is 3.44. The van der Waals surface area contributed by atoms with Gasteiger partial charge in [-0.2, -0.15) is 0 Å². The van der Waals surface area contributed by atoms with Gasteiger partial charge in [0.25, 0.3) is 0 Å². The quantitative estimate of drug-likeness (QED) is 0.433. The lowest BCUT2D eigenvalue weighted by Gasteiger charge is -2.14. The Balaban J connectivity index is 2.35. The minimum Gasteiger partial charge on any atom is -0.493 e. The van der Waals surface area contributed by atoms with Crippen LogP contribution in [0.25, 0.3) is 10.6 Å². The molecule has 4 nitrogen and oxygen atoms in total. The molecule has 2 rings (SSSR count). The van der Waals surface area contributed by atoms with E-state index < -0.39 is 4.84 Å². The fraction of sp³-hybridized carbons (Fsp3) is 0.444. The van der Waals surface area contributed by atoms with Gasteiger partial charge in [-0.3, -0.25) is 0 Å². The molecule has 0 saturated heterocycles. The van der Waals surface area contributed by atoms with Gasteiger partial charge in [0, 0.05) is 11.1 Å². The van der Waals surface area contributed by atoms with Crippen LogP contribution >= 0.6 is 34.5 Å². The third-order valence-corrected chi connectivity index (χ3v) is 4.98. The number of aryl methyl sites for hydroxylation is 1. The normalized spacial score (nSPS) is 11.2. The summed E-state index contributed by atoms with van der Waals surface area (Å²) >= 11 is 13.5. The number of esters is 1. The first kappa shape index (κ1) is 20.0. The number of carbonyl (C=O) groups is 1. The molecule has 0 atom stereocenters. The number of carbonyl (C=O) groups excluding carboxylic acids is 1. The predicted octanol–water partition coefficient (Wildman–Crippen LogP) is 5.81. The Hall–Kier alpha value is -1.30. The third-order valence-electron chi connectivity index (χ3n) is 3.32. The number of aromatic nitrogens is 1. The molecule has 0 saturated carbocycles. The molecule has 1 aromatic heterocycles. The van der Waals surface area contributed by atoms with Crippen LogP contribution in [0.2, 0.25) is 0 Å². The highest BCUT2D eigenvalue weighted by molar-refractivity contribution is 7.17. The van der Waals surface area contributed by atoms with Crippen molar-refractivity contribution in [2.24, 2.45) is 5.92 Å². The Morgan fingerprint density at radius 1 is 1.32 bits per heavy atom. The van der Waals surface area contributed by atoms with Crippen molar-refractivity contribution >= 4 is 40.5 Å². The summed E-state index contributed by atoms with van der Waals surface area (Å²) in [6, 6.07) is 5.58. The van der Waals surface area contributed by atoms with Crippen LogP contribution in [0.3, 0.4) is 0 Å². The molecular formula is C18H21Cl2NO3S. The summed E-state index contributed by atoms with van der Waals surface area (Å²) < 4.78 is 10.9. The average Bonchev–Trinajstić information content (AvgIpc) is 2.94. The smallest absolute Gasteiger partial charge is 0.350 e. The lowest BCUT2D eigenvalue weighted by molar-refractivity contribution is 0.0531. The van der Waals surface area contributed by atoms with Crippen molar-refractivity contribution < 1.29 is 14.3 Å². The Morgan fingerprint density at radius 3 is 2.64 bits per heavy atom. The first-order valence-corrected chi connectivity index (χ1v) is 9.72. The van der Waals surface area contributed by atoms with Gasteiger partial charge in [-0.25, -0.2) is 9.78 Å². The molecule has 0 aliphatic rings. The molecule has 0 N–H and O–H groups in total. The van der Waals surface area contributed by atoms with Crippen LogP contribution in [0.4, 0.5) is 0 Å². The van der Waals surface area contributed by atoms with Crippen molar-refractivity contribution in [2.75, 3.05) is 13.2 Å². The molecule has 0 aliphatic heterocycles. The molecule has 0 amide bonds. The van der Waals surface area contributed by atoms with Gasteiger partial charge in [0.05, 0.1) is 18.9 Å². The highest BCUT2D eigenvalue weighted by Crippen LogP contribution is 2.37. The maximum absolute atomic E-state index is 12.0. The third kappa shape index (κ3) is 5.09. The Bertz CT molecular complexity index is 744. The van der Waals surface area contributed by atoms with E-state index in [4.69, 9.17) is 32.7 Å². The van der Waals surface area contributed by atoms with Gasteiger partial charge < -0.3 is 9.47 Å². The summed E-state index contributed by atoms with van der Waals surface area (Å²) in [5.41, 5.74) is 2.17. The fourth-order valence-electron chi connectivity index (χ4n) is 2.15. The Morgan fingerprint density at radius 2 is 2.04 bits per heavy atom. The van der Waals surface area contributed by atoms with Gasteiger partial charge in [0.15, 0.2) is 0 Å². The summed E-state index contributed by atoms with van der Waals surface area (Å²) in [5.74, 6) is 0.699. The standard InChI is InChI=1S/C18H21Cl2NO3S/c1-5-23-18(22)15-11(4)21-17(25-15)12-6-7-14(24-9-10(2)3)13(8-12)16(19)20/h6-8,10,16H,5,9H2,1-4H3. The van der Waals surface area contributed by atoms with Crippen molar-refractivity contribution in [2.45, 2.75) is 32.5 Å². The zero-order valence-electron chi connectivity index (χ0n) is 14.6. The molecule has 2 aromatic rings. The van der Waals surface area contributed by atoms with E-state index in [2.05, 4.69) is 18.8 Å². The van der Waals surface area contributed by atoms with Crippen molar-refractivity contribution in [3.63, 3.8) is 0 Å². The minimum atomic E-state index is -0.715. The lowest BCUT2D eigenvalue weighted by Crippen LogP contribution is -2.06. The highest BCUT2D eigenvalue weighted by atomic mass is 35.5.